The summed E-state index contributed by atoms with van der Waals surface area (Å²) in [6.07, 6.45) is 6.39. The zero-order valence-corrected chi connectivity index (χ0v) is 26.0. The van der Waals surface area contributed by atoms with Crippen molar-refractivity contribution in [1.82, 2.24) is 9.88 Å². The number of phenolic OH excluding ortho intramolecular Hbond substituents is 1. The van der Waals surface area contributed by atoms with Crippen LogP contribution >= 0.6 is 11.6 Å². The molecule has 3 heterocycles. The molecule has 2 fully saturated rings. The third-order valence-corrected chi connectivity index (χ3v) is 9.30. The number of fused-ring (bicyclic) bond motifs is 3. The number of carbonyl (C=O) groups excluding carboxylic acids is 2. The highest BCUT2D eigenvalue weighted by Crippen LogP contribution is 2.51. The maximum absolute atomic E-state index is 13.8. The number of aliphatic carboxylic acids is 1. The van der Waals surface area contributed by atoms with Crippen LogP contribution in [0.2, 0.25) is 11.3 Å². The predicted molar refractivity (Wildman–Crippen MR) is 169 cm³/mol. The maximum Gasteiger partial charge on any atom is 0.455 e. The first-order valence-corrected chi connectivity index (χ1v) is 15.8. The maximum atomic E-state index is 13.8. The number of hydrogen-bond donors (Lipinski definition) is 3. The van der Waals surface area contributed by atoms with Crippen molar-refractivity contribution in [2.24, 2.45) is 17.8 Å². The van der Waals surface area contributed by atoms with E-state index in [2.05, 4.69) is 4.98 Å². The van der Waals surface area contributed by atoms with Crippen molar-refractivity contribution in [3.05, 3.63) is 70.0 Å². The number of aromatic hydroxyl groups is 1. The van der Waals surface area contributed by atoms with Crippen molar-refractivity contribution in [3.8, 4) is 5.75 Å². The molecule has 2 saturated heterocycles. The molecule has 0 saturated carbocycles. The molecule has 0 unspecified atom stereocenters. The average molecular weight is 637 g/mol. The third-order valence-electron chi connectivity index (χ3n) is 8.97. The van der Waals surface area contributed by atoms with Gasteiger partial charge in [-0.25, -0.2) is 0 Å². The van der Waals surface area contributed by atoms with E-state index in [0.717, 1.165) is 28.0 Å². The second kappa shape index (κ2) is 14.7. The van der Waals surface area contributed by atoms with Gasteiger partial charge in [-0.3, -0.25) is 24.3 Å². The van der Waals surface area contributed by atoms with Gasteiger partial charge in [-0.15, -0.1) is 0 Å². The summed E-state index contributed by atoms with van der Waals surface area (Å²) in [5.74, 6) is -2.72. The number of pyridine rings is 1. The van der Waals surface area contributed by atoms with Crippen LogP contribution in [-0.2, 0) is 23.8 Å². The van der Waals surface area contributed by atoms with Crippen molar-refractivity contribution in [1.29, 1.82) is 0 Å². The Morgan fingerprint density at radius 2 is 1.98 bits per heavy atom. The number of amides is 2. The summed E-state index contributed by atoms with van der Waals surface area (Å²) >= 11 is 6.43. The number of unbranched alkanes of at least 4 members (excludes halogenated alkanes) is 2. The first kappa shape index (κ1) is 32.9. The lowest BCUT2D eigenvalue weighted by molar-refractivity contribution is -0.141. The topological polar surface area (TPSA) is 146 Å². The molecule has 0 spiro atoms. The van der Waals surface area contributed by atoms with E-state index in [4.69, 9.17) is 26.1 Å². The van der Waals surface area contributed by atoms with E-state index in [1.807, 2.05) is 24.3 Å². The van der Waals surface area contributed by atoms with Gasteiger partial charge in [0.25, 0.3) is 0 Å². The fourth-order valence-electron chi connectivity index (χ4n) is 7.01. The molecule has 10 nitrogen and oxygen atoms in total. The van der Waals surface area contributed by atoms with Crippen molar-refractivity contribution < 1.29 is 39.0 Å². The first-order chi connectivity index (χ1) is 21.7. The number of phenols is 1. The average Bonchev–Trinajstić information content (AvgIpc) is 3.24. The highest BCUT2D eigenvalue weighted by Gasteiger charge is 2.57. The predicted octanol–water partition coefficient (Wildman–Crippen LogP) is 4.85. The van der Waals surface area contributed by atoms with Gasteiger partial charge < -0.3 is 24.6 Å². The number of benzene rings is 1. The third kappa shape index (κ3) is 7.49. The normalized spacial score (nSPS) is 23.4. The van der Waals surface area contributed by atoms with E-state index < -0.39 is 31.0 Å². The summed E-state index contributed by atoms with van der Waals surface area (Å²) in [4.78, 5) is 44.0. The highest BCUT2D eigenvalue weighted by molar-refractivity contribution is 6.43. The van der Waals surface area contributed by atoms with Crippen molar-refractivity contribution in [2.75, 3.05) is 20.3 Å². The van der Waals surface area contributed by atoms with Crippen LogP contribution in [0.15, 0.2) is 53.7 Å². The van der Waals surface area contributed by atoms with Crippen LogP contribution in [0.1, 0.15) is 56.2 Å². The Morgan fingerprint density at radius 1 is 1.16 bits per heavy atom. The van der Waals surface area contributed by atoms with Gasteiger partial charge in [-0.1, -0.05) is 24.1 Å². The molecule has 0 bridgehead atoms. The van der Waals surface area contributed by atoms with Gasteiger partial charge in [0.05, 0.1) is 35.3 Å². The first-order valence-electron chi connectivity index (χ1n) is 15.4. The molecule has 0 radical (unpaired) electrons. The van der Waals surface area contributed by atoms with Crippen LogP contribution in [0.25, 0.3) is 11.6 Å². The molecule has 238 valence electrons. The standard InChI is InChI=1S/C33H38BClN2O8/c1-44-19-22-16-24-31(33(42)37(32(24)41)14-6-2-3-8-29(39)40)25-18-34(43)45-28(30(22)25)12-10-21(27-7-4-5-13-36-27)15-20-9-11-23(38)17-26(20)35/h4-5,7,9,11,13,15,17,24-25,28,31,38,43H,2-3,6,8,10,12,14,16,18-19H2,1H3,(H,39,40)/b21-15-/t24-,25+,28-,31-/m1/s1. The minimum atomic E-state index is -1.10. The number of likely N-dealkylation sites (tertiary alicyclic amines) is 1. The lowest BCUT2D eigenvalue weighted by Gasteiger charge is -2.43. The van der Waals surface area contributed by atoms with Crippen LogP contribution < -0.4 is 0 Å². The molecular formula is C33H38BClN2O8. The molecule has 1 aromatic carbocycles. The van der Waals surface area contributed by atoms with E-state index in [1.165, 1.54) is 11.0 Å². The number of ether oxygens (including phenoxy) is 1. The van der Waals surface area contributed by atoms with Crippen molar-refractivity contribution in [2.45, 2.75) is 57.4 Å². The van der Waals surface area contributed by atoms with E-state index >= 15 is 0 Å². The van der Waals surface area contributed by atoms with E-state index in [0.29, 0.717) is 43.5 Å². The molecule has 3 aliphatic rings. The summed E-state index contributed by atoms with van der Waals surface area (Å²) in [7, 11) is 0.490. The SMILES string of the molecule is COCC1=C2[C@@H](CC/C(=C/c3ccc(O)cc3Cl)c3ccccn3)OB(O)C[C@@H]2[C@@H]2C(=O)N(CCCCCC(=O)O)C(=O)[C@@H]2C1. The number of methoxy groups -OCH3 is 1. The number of allylic oxidation sites excluding steroid dienone is 1. The number of carboxylic acid groups (broad SMARTS) is 1. The molecule has 3 N–H and O–H groups in total. The number of carbonyl (C=O) groups is 3. The number of halogens is 1. The minimum absolute atomic E-state index is 0.0569. The van der Waals surface area contributed by atoms with E-state index in [1.54, 1.807) is 25.4 Å². The number of rotatable bonds is 13. The monoisotopic (exact) mass is 636 g/mol. The largest absolute Gasteiger partial charge is 0.508 e. The van der Waals surface area contributed by atoms with Gasteiger partial charge in [0, 0.05) is 26.3 Å². The van der Waals surface area contributed by atoms with Gasteiger partial charge in [-0.05, 0) is 103 Å². The molecule has 1 aliphatic carbocycles. The molecule has 2 aromatic rings. The molecule has 1 aromatic heterocycles. The van der Waals surface area contributed by atoms with Gasteiger partial charge in [0.2, 0.25) is 11.8 Å². The molecule has 2 aliphatic heterocycles. The molecule has 2 amide bonds. The van der Waals surface area contributed by atoms with Crippen LogP contribution in [0, 0.1) is 17.8 Å². The summed E-state index contributed by atoms with van der Waals surface area (Å²) < 4.78 is 11.7. The molecule has 45 heavy (non-hydrogen) atoms. The van der Waals surface area contributed by atoms with Gasteiger partial charge in [0.1, 0.15) is 5.75 Å². The van der Waals surface area contributed by atoms with E-state index in [9.17, 15) is 24.5 Å². The minimum Gasteiger partial charge on any atom is -0.508 e. The number of carboxylic acids is 1. The zero-order valence-electron chi connectivity index (χ0n) is 25.2. The lowest BCUT2D eigenvalue weighted by Crippen LogP contribution is -2.46. The Hall–Kier alpha value is -3.51. The highest BCUT2D eigenvalue weighted by atomic mass is 35.5. The van der Waals surface area contributed by atoms with Crippen LogP contribution in [0.5, 0.6) is 5.75 Å². The van der Waals surface area contributed by atoms with Gasteiger partial charge >= 0.3 is 13.1 Å². The molecule has 4 atom stereocenters. The second-order valence-corrected chi connectivity index (χ2v) is 12.3. The smallest absolute Gasteiger partial charge is 0.455 e. The van der Waals surface area contributed by atoms with Crippen molar-refractivity contribution >= 4 is 48.2 Å². The Balaban J connectivity index is 1.39. The number of imide groups is 1. The summed E-state index contributed by atoms with van der Waals surface area (Å²) in [6, 6.07) is 10.4. The van der Waals surface area contributed by atoms with Gasteiger partial charge in [-0.2, -0.15) is 0 Å². The Kier molecular flexibility index (Phi) is 10.8. The number of aromatic nitrogens is 1. The Labute approximate surface area is 267 Å². The Bertz CT molecular complexity index is 1480. The summed E-state index contributed by atoms with van der Waals surface area (Å²) in [5, 5.41) is 30.0. The lowest BCUT2D eigenvalue weighted by atomic mass is 9.58. The fourth-order valence-corrected chi connectivity index (χ4v) is 7.24. The second-order valence-electron chi connectivity index (χ2n) is 11.9. The number of hydrogen-bond acceptors (Lipinski definition) is 8. The molecule has 12 heteroatoms. The number of nitrogens with zero attached hydrogens (tertiary/aromatic N) is 2. The summed E-state index contributed by atoms with van der Waals surface area (Å²) in [5.41, 5.74) is 4.20. The summed E-state index contributed by atoms with van der Waals surface area (Å²) in [6.45, 7) is 0.542. The molecule has 5 rings (SSSR count). The van der Waals surface area contributed by atoms with Crippen LogP contribution in [-0.4, -0.2) is 76.4 Å². The van der Waals surface area contributed by atoms with Crippen LogP contribution in [0.3, 0.4) is 0 Å². The zero-order chi connectivity index (χ0) is 32.1. The Morgan fingerprint density at radius 3 is 2.69 bits per heavy atom. The quantitative estimate of drug-likeness (QED) is 0.122. The fraction of sp³-hybridized carbons (Fsp3) is 0.455. The van der Waals surface area contributed by atoms with Crippen LogP contribution in [0.4, 0.5) is 0 Å². The van der Waals surface area contributed by atoms with Crippen molar-refractivity contribution in [3.63, 3.8) is 0 Å². The van der Waals surface area contributed by atoms with E-state index in [-0.39, 0.29) is 49.4 Å². The molecular weight excluding hydrogens is 599 g/mol. The van der Waals surface area contributed by atoms with Gasteiger partial charge in [0.15, 0.2) is 0 Å².